The fourth-order valence-corrected chi connectivity index (χ4v) is 2.75. The Labute approximate surface area is 142 Å². The number of carbonyl (C=O) groups is 1. The number of hydrogen-bond donors (Lipinski definition) is 1. The molecule has 1 heterocycles. The fourth-order valence-electron chi connectivity index (χ4n) is 2.30. The molecule has 3 nitrogen and oxygen atoms in total. The van der Waals surface area contributed by atoms with Crippen LogP contribution < -0.4 is 5.32 Å². The van der Waals surface area contributed by atoms with Gasteiger partial charge in [0, 0.05) is 16.1 Å². The summed E-state index contributed by atoms with van der Waals surface area (Å²) in [5.41, 5.74) is 1.98. The smallest absolute Gasteiger partial charge is 0.256 e. The Kier molecular flexibility index (Phi) is 4.20. The maximum atomic E-state index is 13.5. The maximum Gasteiger partial charge on any atom is 0.256 e. The van der Waals surface area contributed by atoms with E-state index < -0.39 is 11.7 Å². The lowest BCUT2D eigenvalue weighted by Crippen LogP contribution is -2.13. The Hall–Kier alpha value is -2.17. The van der Waals surface area contributed by atoms with Crippen LogP contribution in [0.25, 0.3) is 10.9 Å². The Bertz CT molecular complexity index is 928. The molecule has 6 heteroatoms. The second kappa shape index (κ2) is 6.14. The Morgan fingerprint density at radius 1 is 1.13 bits per heavy atom. The van der Waals surface area contributed by atoms with E-state index in [4.69, 9.17) is 23.2 Å². The van der Waals surface area contributed by atoms with Crippen molar-refractivity contribution in [2.24, 2.45) is 0 Å². The van der Waals surface area contributed by atoms with Gasteiger partial charge in [-0.3, -0.25) is 9.78 Å². The van der Waals surface area contributed by atoms with Crippen molar-refractivity contribution in [3.05, 3.63) is 69.6 Å². The summed E-state index contributed by atoms with van der Waals surface area (Å²) in [4.78, 5) is 16.9. The summed E-state index contributed by atoms with van der Waals surface area (Å²) in [6.45, 7) is 1.77. The van der Waals surface area contributed by atoms with Crippen molar-refractivity contribution in [1.29, 1.82) is 0 Å². The summed E-state index contributed by atoms with van der Waals surface area (Å²) >= 11 is 11.9. The quantitative estimate of drug-likeness (QED) is 0.687. The standard InChI is InChI=1S/C17H11Cl2FN2O/c1-9-6-13(12-8-11(20)3-5-15(12)21-9)17(23)22-16-4-2-10(18)7-14(16)19/h2-8H,1H3,(H,22,23). The van der Waals surface area contributed by atoms with Crippen LogP contribution in [0, 0.1) is 12.7 Å². The lowest BCUT2D eigenvalue weighted by Gasteiger charge is -2.10. The van der Waals surface area contributed by atoms with E-state index in [0.29, 0.717) is 37.9 Å². The number of rotatable bonds is 2. The number of pyridine rings is 1. The van der Waals surface area contributed by atoms with Gasteiger partial charge in [-0.25, -0.2) is 4.39 Å². The molecule has 1 aromatic heterocycles. The molecule has 0 aliphatic heterocycles. The van der Waals surface area contributed by atoms with Crippen LogP contribution in [0.3, 0.4) is 0 Å². The molecule has 3 rings (SSSR count). The molecule has 0 bridgehead atoms. The summed E-state index contributed by atoms with van der Waals surface area (Å²) < 4.78 is 13.5. The van der Waals surface area contributed by atoms with Gasteiger partial charge in [0.1, 0.15) is 5.82 Å². The van der Waals surface area contributed by atoms with E-state index in [1.807, 2.05) is 0 Å². The lowest BCUT2D eigenvalue weighted by atomic mass is 10.1. The molecule has 116 valence electrons. The van der Waals surface area contributed by atoms with Crippen LogP contribution in [0.1, 0.15) is 16.1 Å². The average molecular weight is 349 g/mol. The molecule has 0 saturated heterocycles. The molecule has 0 unspecified atom stereocenters. The highest BCUT2D eigenvalue weighted by molar-refractivity contribution is 6.37. The highest BCUT2D eigenvalue weighted by atomic mass is 35.5. The van der Waals surface area contributed by atoms with Crippen LogP contribution in [0.15, 0.2) is 42.5 Å². The van der Waals surface area contributed by atoms with Crippen molar-refractivity contribution < 1.29 is 9.18 Å². The minimum absolute atomic E-state index is 0.326. The van der Waals surface area contributed by atoms with Crippen molar-refractivity contribution in [3.63, 3.8) is 0 Å². The van der Waals surface area contributed by atoms with Gasteiger partial charge in [-0.1, -0.05) is 23.2 Å². The van der Waals surface area contributed by atoms with Crippen molar-refractivity contribution >= 4 is 45.7 Å². The van der Waals surface area contributed by atoms with Crippen LogP contribution in [-0.2, 0) is 0 Å². The van der Waals surface area contributed by atoms with Crippen LogP contribution in [0.2, 0.25) is 10.0 Å². The van der Waals surface area contributed by atoms with Gasteiger partial charge in [0.25, 0.3) is 5.91 Å². The minimum Gasteiger partial charge on any atom is -0.321 e. The molecule has 0 spiro atoms. The van der Waals surface area contributed by atoms with Crippen LogP contribution in [0.4, 0.5) is 10.1 Å². The van der Waals surface area contributed by atoms with Crippen molar-refractivity contribution in [2.75, 3.05) is 5.32 Å². The first kappa shape index (κ1) is 15.7. The molecule has 1 amide bonds. The third-order valence-corrected chi connectivity index (χ3v) is 3.87. The first-order chi connectivity index (χ1) is 10.9. The highest BCUT2D eigenvalue weighted by Crippen LogP contribution is 2.27. The van der Waals surface area contributed by atoms with Gasteiger partial charge in [0.15, 0.2) is 0 Å². The number of halogens is 3. The van der Waals surface area contributed by atoms with E-state index in [-0.39, 0.29) is 0 Å². The Morgan fingerprint density at radius 3 is 2.65 bits per heavy atom. The van der Waals surface area contributed by atoms with Crippen molar-refractivity contribution in [1.82, 2.24) is 4.98 Å². The number of benzene rings is 2. The molecule has 0 radical (unpaired) electrons. The van der Waals surface area contributed by atoms with Gasteiger partial charge < -0.3 is 5.32 Å². The third-order valence-electron chi connectivity index (χ3n) is 3.32. The minimum atomic E-state index is -0.429. The van der Waals surface area contributed by atoms with Gasteiger partial charge >= 0.3 is 0 Å². The van der Waals surface area contributed by atoms with Crippen LogP contribution >= 0.6 is 23.2 Å². The Balaban J connectivity index is 2.05. The molecule has 23 heavy (non-hydrogen) atoms. The topological polar surface area (TPSA) is 42.0 Å². The molecule has 0 aliphatic carbocycles. The first-order valence-corrected chi connectivity index (χ1v) is 7.53. The summed E-state index contributed by atoms with van der Waals surface area (Å²) in [6, 6.07) is 10.5. The fraction of sp³-hybridized carbons (Fsp3) is 0.0588. The summed E-state index contributed by atoms with van der Waals surface area (Å²) in [7, 11) is 0. The van der Waals surface area contributed by atoms with Gasteiger partial charge in [0.05, 0.1) is 21.8 Å². The molecule has 0 atom stereocenters. The summed E-state index contributed by atoms with van der Waals surface area (Å²) in [5.74, 6) is -0.822. The van der Waals surface area contributed by atoms with Crippen molar-refractivity contribution in [3.8, 4) is 0 Å². The second-order valence-electron chi connectivity index (χ2n) is 5.05. The first-order valence-electron chi connectivity index (χ1n) is 6.77. The molecule has 2 aromatic carbocycles. The number of carbonyl (C=O) groups excluding carboxylic acids is 1. The number of amides is 1. The van der Waals surface area contributed by atoms with E-state index in [2.05, 4.69) is 10.3 Å². The number of anilines is 1. The van der Waals surface area contributed by atoms with E-state index in [1.54, 1.807) is 31.2 Å². The van der Waals surface area contributed by atoms with Crippen molar-refractivity contribution in [2.45, 2.75) is 6.92 Å². The molecule has 0 aliphatic rings. The second-order valence-corrected chi connectivity index (χ2v) is 5.89. The maximum absolute atomic E-state index is 13.5. The number of aromatic nitrogens is 1. The average Bonchev–Trinajstić information content (AvgIpc) is 2.49. The van der Waals surface area contributed by atoms with Gasteiger partial charge in [0.2, 0.25) is 0 Å². The molecule has 0 saturated carbocycles. The number of hydrogen-bond acceptors (Lipinski definition) is 2. The lowest BCUT2D eigenvalue weighted by molar-refractivity contribution is 0.102. The van der Waals surface area contributed by atoms with Gasteiger partial charge in [-0.05, 0) is 49.4 Å². The zero-order valence-corrected chi connectivity index (χ0v) is 13.5. The van der Waals surface area contributed by atoms with Gasteiger partial charge in [-0.15, -0.1) is 0 Å². The zero-order valence-electron chi connectivity index (χ0n) is 12.0. The summed E-state index contributed by atoms with van der Waals surface area (Å²) in [6.07, 6.45) is 0. The van der Waals surface area contributed by atoms with E-state index >= 15 is 0 Å². The van der Waals surface area contributed by atoms with E-state index in [0.717, 1.165) is 0 Å². The Morgan fingerprint density at radius 2 is 1.91 bits per heavy atom. The van der Waals surface area contributed by atoms with E-state index in [1.165, 1.54) is 18.2 Å². The highest BCUT2D eigenvalue weighted by Gasteiger charge is 2.14. The SMILES string of the molecule is Cc1cc(C(=O)Nc2ccc(Cl)cc2Cl)c2cc(F)ccc2n1. The molecular weight excluding hydrogens is 338 g/mol. The monoisotopic (exact) mass is 348 g/mol. The molecule has 3 aromatic rings. The zero-order chi connectivity index (χ0) is 16.6. The largest absolute Gasteiger partial charge is 0.321 e. The number of fused-ring (bicyclic) bond motifs is 1. The number of nitrogens with one attached hydrogen (secondary N) is 1. The van der Waals surface area contributed by atoms with Crippen LogP contribution in [0.5, 0.6) is 0 Å². The molecule has 1 N–H and O–H groups in total. The van der Waals surface area contributed by atoms with E-state index in [9.17, 15) is 9.18 Å². The molecule has 0 fully saturated rings. The predicted octanol–water partition coefficient (Wildman–Crippen LogP) is 5.24. The predicted molar refractivity (Wildman–Crippen MR) is 90.9 cm³/mol. The summed E-state index contributed by atoms with van der Waals surface area (Å²) in [5, 5.41) is 3.95. The van der Waals surface area contributed by atoms with Crippen LogP contribution in [-0.4, -0.2) is 10.9 Å². The molecular formula is C17H11Cl2FN2O. The number of nitrogens with zero attached hydrogens (tertiary/aromatic N) is 1. The third kappa shape index (κ3) is 3.28. The normalized spacial score (nSPS) is 10.8. The number of aryl methyl sites for hydroxylation is 1. The van der Waals surface area contributed by atoms with Gasteiger partial charge in [-0.2, -0.15) is 0 Å².